The van der Waals surface area contributed by atoms with Crippen molar-refractivity contribution in [2.45, 2.75) is 6.92 Å². The summed E-state index contributed by atoms with van der Waals surface area (Å²) < 4.78 is 0. The summed E-state index contributed by atoms with van der Waals surface area (Å²) in [5, 5.41) is 5.07. The second-order valence-electron chi connectivity index (χ2n) is 4.84. The molecule has 23 heavy (non-hydrogen) atoms. The van der Waals surface area contributed by atoms with Gasteiger partial charge in [0.15, 0.2) is 0 Å². The number of likely N-dealkylation sites (N-methyl/N-ethyl adjacent to an activating group) is 1. The molecular formula is C14H14N4O5. The van der Waals surface area contributed by atoms with Crippen molar-refractivity contribution in [1.82, 2.24) is 9.80 Å². The molecule has 9 heteroatoms. The van der Waals surface area contributed by atoms with E-state index in [2.05, 4.69) is 10.6 Å². The van der Waals surface area contributed by atoms with Crippen LogP contribution in [0.15, 0.2) is 24.3 Å². The number of anilines is 2. The van der Waals surface area contributed by atoms with Crippen molar-refractivity contribution in [3.05, 3.63) is 24.3 Å². The predicted molar refractivity (Wildman–Crippen MR) is 79.3 cm³/mol. The third kappa shape index (κ3) is 3.51. The number of carbonyl (C=O) groups is 5. The standard InChI is InChI=1S/C14H14N4O5/c1-8(19)15-9-3-5-10(6-4-9)16-11(20)7-18-13(22)12(21)17(2)14(18)23/h3-6H,7H2,1-2H3,(H,15,19)(H,16,20). The summed E-state index contributed by atoms with van der Waals surface area (Å²) in [6.07, 6.45) is 0. The summed E-state index contributed by atoms with van der Waals surface area (Å²) in [4.78, 5) is 58.5. The molecule has 1 aromatic rings. The molecule has 0 spiro atoms. The smallest absolute Gasteiger partial charge is 0.326 e. The number of amides is 6. The first-order valence-electron chi connectivity index (χ1n) is 6.60. The Labute approximate surface area is 131 Å². The molecule has 0 radical (unpaired) electrons. The molecule has 0 aliphatic carbocycles. The zero-order chi connectivity index (χ0) is 17.1. The molecule has 0 unspecified atom stereocenters. The number of rotatable bonds is 4. The lowest BCUT2D eigenvalue weighted by atomic mass is 10.2. The van der Waals surface area contributed by atoms with Crippen molar-refractivity contribution in [2.24, 2.45) is 0 Å². The molecule has 1 fully saturated rings. The Kier molecular flexibility index (Phi) is 4.39. The molecule has 1 aliphatic heterocycles. The molecule has 0 saturated carbocycles. The topological polar surface area (TPSA) is 116 Å². The summed E-state index contributed by atoms with van der Waals surface area (Å²) >= 11 is 0. The number of hydrogen-bond donors (Lipinski definition) is 2. The molecule has 0 atom stereocenters. The fraction of sp³-hybridized carbons (Fsp3) is 0.214. The van der Waals surface area contributed by atoms with Gasteiger partial charge in [0.25, 0.3) is 0 Å². The first kappa shape index (κ1) is 16.1. The molecule has 2 N–H and O–H groups in total. The van der Waals surface area contributed by atoms with Gasteiger partial charge in [-0.05, 0) is 24.3 Å². The summed E-state index contributed by atoms with van der Waals surface area (Å²) in [7, 11) is 1.17. The van der Waals surface area contributed by atoms with Crippen LogP contribution in [0, 0.1) is 0 Å². The fourth-order valence-electron chi connectivity index (χ4n) is 1.94. The molecule has 6 amide bonds. The highest BCUT2D eigenvalue weighted by Gasteiger charge is 2.42. The highest BCUT2D eigenvalue weighted by molar-refractivity contribution is 6.44. The van der Waals surface area contributed by atoms with Crippen molar-refractivity contribution < 1.29 is 24.0 Å². The Morgan fingerprint density at radius 1 is 0.957 bits per heavy atom. The van der Waals surface area contributed by atoms with Crippen LogP contribution in [0.1, 0.15) is 6.92 Å². The maximum atomic E-state index is 11.9. The lowest BCUT2D eigenvalue weighted by Gasteiger charge is -2.13. The lowest BCUT2D eigenvalue weighted by molar-refractivity contribution is -0.143. The minimum Gasteiger partial charge on any atom is -0.326 e. The van der Waals surface area contributed by atoms with Crippen LogP contribution >= 0.6 is 0 Å². The Morgan fingerprint density at radius 3 is 1.91 bits per heavy atom. The van der Waals surface area contributed by atoms with E-state index in [4.69, 9.17) is 0 Å². The van der Waals surface area contributed by atoms with Gasteiger partial charge in [-0.3, -0.25) is 24.1 Å². The summed E-state index contributed by atoms with van der Waals surface area (Å²) in [6, 6.07) is 5.43. The summed E-state index contributed by atoms with van der Waals surface area (Å²) in [5.41, 5.74) is 0.982. The number of nitrogens with one attached hydrogen (secondary N) is 2. The first-order valence-corrected chi connectivity index (χ1v) is 6.60. The average Bonchev–Trinajstić information content (AvgIpc) is 2.67. The Balaban J connectivity index is 1.97. The van der Waals surface area contributed by atoms with Gasteiger partial charge in [-0.25, -0.2) is 9.69 Å². The van der Waals surface area contributed by atoms with E-state index in [-0.39, 0.29) is 5.91 Å². The van der Waals surface area contributed by atoms with E-state index < -0.39 is 30.3 Å². The maximum Gasteiger partial charge on any atom is 0.334 e. The molecule has 9 nitrogen and oxygen atoms in total. The molecule has 1 saturated heterocycles. The molecule has 1 aromatic carbocycles. The van der Waals surface area contributed by atoms with Gasteiger partial charge in [0, 0.05) is 25.3 Å². The number of hydrogen-bond acceptors (Lipinski definition) is 5. The zero-order valence-corrected chi connectivity index (χ0v) is 12.5. The van der Waals surface area contributed by atoms with Crippen LogP contribution < -0.4 is 10.6 Å². The normalized spacial score (nSPS) is 14.3. The van der Waals surface area contributed by atoms with Crippen molar-refractivity contribution in [2.75, 3.05) is 24.2 Å². The molecule has 1 aliphatic rings. The second kappa shape index (κ2) is 6.26. The summed E-state index contributed by atoms with van der Waals surface area (Å²) in [5.74, 6) is -2.85. The number of urea groups is 1. The quantitative estimate of drug-likeness (QED) is 0.599. The van der Waals surface area contributed by atoms with E-state index in [1.165, 1.54) is 14.0 Å². The van der Waals surface area contributed by atoms with Crippen LogP contribution in [0.4, 0.5) is 16.2 Å². The van der Waals surface area contributed by atoms with Crippen molar-refractivity contribution in [3.63, 3.8) is 0 Å². The SMILES string of the molecule is CC(=O)Nc1ccc(NC(=O)CN2C(=O)C(=O)N(C)C2=O)cc1. The van der Waals surface area contributed by atoms with E-state index >= 15 is 0 Å². The zero-order valence-electron chi connectivity index (χ0n) is 12.5. The minimum atomic E-state index is -1.03. The van der Waals surface area contributed by atoms with Crippen molar-refractivity contribution in [3.8, 4) is 0 Å². The van der Waals surface area contributed by atoms with E-state index in [0.29, 0.717) is 21.2 Å². The monoisotopic (exact) mass is 318 g/mol. The Hall–Kier alpha value is -3.23. The van der Waals surface area contributed by atoms with E-state index in [9.17, 15) is 24.0 Å². The molecule has 1 heterocycles. The predicted octanol–water partition coefficient (Wildman–Crippen LogP) is 0.00410. The number of imide groups is 2. The highest BCUT2D eigenvalue weighted by atomic mass is 16.2. The average molecular weight is 318 g/mol. The van der Waals surface area contributed by atoms with Crippen molar-refractivity contribution >= 4 is 41.0 Å². The van der Waals surface area contributed by atoms with Crippen molar-refractivity contribution in [1.29, 1.82) is 0 Å². The largest absolute Gasteiger partial charge is 0.334 e. The first-order chi connectivity index (χ1) is 10.8. The van der Waals surface area contributed by atoms with Gasteiger partial charge in [-0.15, -0.1) is 0 Å². The molecule has 120 valence electrons. The van der Waals surface area contributed by atoms with Crippen LogP contribution in [-0.4, -0.2) is 53.1 Å². The second-order valence-corrected chi connectivity index (χ2v) is 4.84. The van der Waals surface area contributed by atoms with E-state index in [1.807, 2.05) is 0 Å². The number of carbonyl (C=O) groups excluding carboxylic acids is 5. The van der Waals surface area contributed by atoms with Gasteiger partial charge in [0.2, 0.25) is 11.8 Å². The van der Waals surface area contributed by atoms with Crippen LogP contribution in [0.3, 0.4) is 0 Å². The van der Waals surface area contributed by atoms with Gasteiger partial charge < -0.3 is 10.6 Å². The third-order valence-corrected chi connectivity index (χ3v) is 3.04. The Morgan fingerprint density at radius 2 is 1.48 bits per heavy atom. The van der Waals surface area contributed by atoms with Crippen LogP contribution in [0.2, 0.25) is 0 Å². The molecule has 0 aromatic heterocycles. The van der Waals surface area contributed by atoms with Gasteiger partial charge in [0.05, 0.1) is 0 Å². The van der Waals surface area contributed by atoms with Gasteiger partial charge in [0.1, 0.15) is 6.54 Å². The molecular weight excluding hydrogens is 304 g/mol. The molecule has 0 bridgehead atoms. The molecule has 2 rings (SSSR count). The third-order valence-electron chi connectivity index (χ3n) is 3.04. The minimum absolute atomic E-state index is 0.221. The Bertz CT molecular complexity index is 698. The van der Waals surface area contributed by atoms with E-state index in [0.717, 1.165) is 0 Å². The van der Waals surface area contributed by atoms with Crippen LogP contribution in [-0.2, 0) is 19.2 Å². The summed E-state index contributed by atoms with van der Waals surface area (Å²) in [6.45, 7) is 0.819. The fourth-order valence-corrected chi connectivity index (χ4v) is 1.94. The van der Waals surface area contributed by atoms with Crippen LogP contribution in [0.5, 0.6) is 0 Å². The highest BCUT2D eigenvalue weighted by Crippen LogP contribution is 2.14. The van der Waals surface area contributed by atoms with E-state index in [1.54, 1.807) is 24.3 Å². The van der Waals surface area contributed by atoms with Gasteiger partial charge in [-0.2, -0.15) is 0 Å². The number of nitrogens with zero attached hydrogens (tertiary/aromatic N) is 2. The van der Waals surface area contributed by atoms with Gasteiger partial charge in [-0.1, -0.05) is 0 Å². The van der Waals surface area contributed by atoms with Gasteiger partial charge >= 0.3 is 17.8 Å². The lowest BCUT2D eigenvalue weighted by Crippen LogP contribution is -2.38. The maximum absolute atomic E-state index is 11.9. The number of benzene rings is 1. The van der Waals surface area contributed by atoms with Crippen LogP contribution in [0.25, 0.3) is 0 Å².